The molecule has 2 aromatic rings. The molecule has 4 heteroatoms. The van der Waals surface area contributed by atoms with E-state index < -0.39 is 0 Å². The van der Waals surface area contributed by atoms with Gasteiger partial charge < -0.3 is 10.0 Å². The summed E-state index contributed by atoms with van der Waals surface area (Å²) in [7, 11) is 0. The van der Waals surface area contributed by atoms with E-state index in [1.165, 1.54) is 0 Å². The number of hydrogen-bond acceptors (Lipinski definition) is 3. The molecule has 0 radical (unpaired) electrons. The third kappa shape index (κ3) is 2.28. The summed E-state index contributed by atoms with van der Waals surface area (Å²) in [6, 6.07) is 9.80. The van der Waals surface area contributed by atoms with E-state index in [0.29, 0.717) is 0 Å². The number of hydrogen-bond donors (Lipinski definition) is 1. The number of fused-ring (bicyclic) bond motifs is 1. The van der Waals surface area contributed by atoms with Crippen LogP contribution in [0.5, 0.6) is 0 Å². The minimum atomic E-state index is -0.152. The van der Waals surface area contributed by atoms with Crippen molar-refractivity contribution < 1.29 is 5.11 Å². The van der Waals surface area contributed by atoms with Crippen molar-refractivity contribution in [3.63, 3.8) is 0 Å². The average molecular weight is 263 g/mol. The summed E-state index contributed by atoms with van der Waals surface area (Å²) in [6.07, 6.45) is 1.49. The van der Waals surface area contributed by atoms with Crippen molar-refractivity contribution in [3.05, 3.63) is 35.4 Å². The molecule has 0 unspecified atom stereocenters. The summed E-state index contributed by atoms with van der Waals surface area (Å²) >= 11 is 5.96. The lowest BCUT2D eigenvalue weighted by atomic mass is 10.1. The van der Waals surface area contributed by atoms with Crippen LogP contribution in [0.4, 0.5) is 5.82 Å². The van der Waals surface area contributed by atoms with Crippen LogP contribution in [0.3, 0.4) is 0 Å². The first-order valence-corrected chi connectivity index (χ1v) is 6.59. The van der Waals surface area contributed by atoms with Crippen LogP contribution in [0.1, 0.15) is 12.8 Å². The van der Waals surface area contributed by atoms with Gasteiger partial charge in [0.1, 0.15) is 5.82 Å². The number of nitrogens with zero attached hydrogens (tertiary/aromatic N) is 2. The van der Waals surface area contributed by atoms with Crippen LogP contribution in [0.2, 0.25) is 5.02 Å². The minimum Gasteiger partial charge on any atom is -0.393 e. The lowest BCUT2D eigenvalue weighted by Gasteiger charge is -2.30. The first-order valence-electron chi connectivity index (χ1n) is 6.22. The Morgan fingerprint density at radius 3 is 2.72 bits per heavy atom. The second-order valence-electron chi connectivity index (χ2n) is 4.72. The number of aliphatic hydroxyl groups is 1. The Hall–Kier alpha value is -1.32. The quantitative estimate of drug-likeness (QED) is 0.859. The Morgan fingerprint density at radius 1 is 1.17 bits per heavy atom. The predicted molar refractivity (Wildman–Crippen MR) is 74.2 cm³/mol. The molecule has 3 nitrogen and oxygen atoms in total. The molecule has 18 heavy (non-hydrogen) atoms. The highest BCUT2D eigenvalue weighted by molar-refractivity contribution is 6.31. The van der Waals surface area contributed by atoms with Crippen LogP contribution in [0.15, 0.2) is 30.3 Å². The maximum atomic E-state index is 9.51. The standard InChI is InChI=1S/C14H15ClN2O/c15-11-2-3-13-10(9-11)1-4-14(16-13)17-7-5-12(18)6-8-17/h1-4,9,12,18H,5-8H2. The van der Waals surface area contributed by atoms with Gasteiger partial charge in [0.25, 0.3) is 0 Å². The normalized spacial score (nSPS) is 17.3. The van der Waals surface area contributed by atoms with Crippen molar-refractivity contribution in [2.24, 2.45) is 0 Å². The van der Waals surface area contributed by atoms with Gasteiger partial charge in [0, 0.05) is 23.5 Å². The number of halogens is 1. The Morgan fingerprint density at radius 2 is 1.94 bits per heavy atom. The van der Waals surface area contributed by atoms with Crippen molar-refractivity contribution >= 4 is 28.3 Å². The largest absolute Gasteiger partial charge is 0.393 e. The number of aliphatic hydroxyl groups excluding tert-OH is 1. The van der Waals surface area contributed by atoms with E-state index in [4.69, 9.17) is 11.6 Å². The van der Waals surface area contributed by atoms with E-state index in [2.05, 4.69) is 16.0 Å². The van der Waals surface area contributed by atoms with Gasteiger partial charge in [-0.05, 0) is 43.2 Å². The van der Waals surface area contributed by atoms with Crippen molar-refractivity contribution in [2.75, 3.05) is 18.0 Å². The summed E-state index contributed by atoms with van der Waals surface area (Å²) in [5, 5.41) is 11.3. The molecule has 94 valence electrons. The van der Waals surface area contributed by atoms with Crippen molar-refractivity contribution in [2.45, 2.75) is 18.9 Å². The molecule has 1 aromatic heterocycles. The lowest BCUT2D eigenvalue weighted by Crippen LogP contribution is -2.36. The number of pyridine rings is 1. The first kappa shape index (κ1) is 11.8. The Labute approximate surface area is 111 Å². The van der Waals surface area contributed by atoms with Gasteiger partial charge in [-0.15, -0.1) is 0 Å². The zero-order valence-corrected chi connectivity index (χ0v) is 10.8. The van der Waals surface area contributed by atoms with Gasteiger partial charge in [-0.25, -0.2) is 4.98 Å². The smallest absolute Gasteiger partial charge is 0.129 e. The summed E-state index contributed by atoms with van der Waals surface area (Å²) in [4.78, 5) is 6.87. The minimum absolute atomic E-state index is 0.152. The molecule has 3 rings (SSSR count). The van der Waals surface area contributed by atoms with Gasteiger partial charge in [-0.1, -0.05) is 11.6 Å². The summed E-state index contributed by atoms with van der Waals surface area (Å²) in [5.41, 5.74) is 0.961. The van der Waals surface area contributed by atoms with E-state index in [9.17, 15) is 5.11 Å². The van der Waals surface area contributed by atoms with E-state index in [-0.39, 0.29) is 6.10 Å². The molecule has 0 aliphatic carbocycles. The van der Waals surface area contributed by atoms with Crippen LogP contribution in [-0.4, -0.2) is 29.3 Å². The molecule has 1 aromatic carbocycles. The molecular weight excluding hydrogens is 248 g/mol. The molecule has 2 heterocycles. The number of benzene rings is 1. The van der Waals surface area contributed by atoms with Crippen LogP contribution in [0, 0.1) is 0 Å². The number of piperidine rings is 1. The second kappa shape index (κ2) is 4.75. The van der Waals surface area contributed by atoms with Crippen molar-refractivity contribution in [3.8, 4) is 0 Å². The molecule has 1 aliphatic heterocycles. The summed E-state index contributed by atoms with van der Waals surface area (Å²) < 4.78 is 0. The molecule has 1 saturated heterocycles. The van der Waals surface area contributed by atoms with Gasteiger partial charge in [-0.2, -0.15) is 0 Å². The zero-order valence-electron chi connectivity index (χ0n) is 10.0. The van der Waals surface area contributed by atoms with Crippen molar-refractivity contribution in [1.82, 2.24) is 4.98 Å². The lowest BCUT2D eigenvalue weighted by molar-refractivity contribution is 0.145. The number of aromatic nitrogens is 1. The van der Waals surface area contributed by atoms with Gasteiger partial charge in [-0.3, -0.25) is 0 Å². The van der Waals surface area contributed by atoms with E-state index in [1.54, 1.807) is 0 Å². The monoisotopic (exact) mass is 262 g/mol. The Balaban J connectivity index is 1.91. The van der Waals surface area contributed by atoms with Crippen LogP contribution >= 0.6 is 11.6 Å². The highest BCUT2D eigenvalue weighted by atomic mass is 35.5. The third-order valence-corrected chi connectivity index (χ3v) is 3.66. The molecule has 1 aliphatic rings. The fourth-order valence-corrected chi connectivity index (χ4v) is 2.54. The Bertz CT molecular complexity index is 565. The highest BCUT2D eigenvalue weighted by Gasteiger charge is 2.18. The molecule has 1 fully saturated rings. The maximum Gasteiger partial charge on any atom is 0.129 e. The molecular formula is C14H15ClN2O. The Kier molecular flexibility index (Phi) is 3.10. The van der Waals surface area contributed by atoms with E-state index in [0.717, 1.165) is 47.7 Å². The predicted octanol–water partition coefficient (Wildman–Crippen LogP) is 2.85. The number of rotatable bonds is 1. The number of anilines is 1. The van der Waals surface area contributed by atoms with E-state index >= 15 is 0 Å². The highest BCUT2D eigenvalue weighted by Crippen LogP contribution is 2.23. The molecule has 0 bridgehead atoms. The fourth-order valence-electron chi connectivity index (χ4n) is 2.36. The molecule has 0 amide bonds. The van der Waals surface area contributed by atoms with Crippen LogP contribution in [-0.2, 0) is 0 Å². The van der Waals surface area contributed by atoms with Gasteiger partial charge in [0.05, 0.1) is 11.6 Å². The molecule has 0 atom stereocenters. The fraction of sp³-hybridized carbons (Fsp3) is 0.357. The maximum absolute atomic E-state index is 9.51. The van der Waals surface area contributed by atoms with Gasteiger partial charge in [0.2, 0.25) is 0 Å². The van der Waals surface area contributed by atoms with Crippen LogP contribution in [0.25, 0.3) is 10.9 Å². The van der Waals surface area contributed by atoms with Gasteiger partial charge in [0.15, 0.2) is 0 Å². The van der Waals surface area contributed by atoms with Crippen LogP contribution < -0.4 is 4.90 Å². The average Bonchev–Trinajstić information content (AvgIpc) is 2.39. The zero-order chi connectivity index (χ0) is 12.5. The van der Waals surface area contributed by atoms with E-state index in [1.807, 2.05) is 24.3 Å². The summed E-state index contributed by atoms with van der Waals surface area (Å²) in [5.74, 6) is 0.983. The molecule has 0 spiro atoms. The SMILES string of the molecule is OC1CCN(c2ccc3cc(Cl)ccc3n2)CC1. The summed E-state index contributed by atoms with van der Waals surface area (Å²) in [6.45, 7) is 1.74. The third-order valence-electron chi connectivity index (χ3n) is 3.43. The van der Waals surface area contributed by atoms with Gasteiger partial charge >= 0.3 is 0 Å². The molecule has 1 N–H and O–H groups in total. The molecule has 0 saturated carbocycles. The second-order valence-corrected chi connectivity index (χ2v) is 5.16. The topological polar surface area (TPSA) is 36.4 Å². The first-order chi connectivity index (χ1) is 8.72. The van der Waals surface area contributed by atoms with Crippen molar-refractivity contribution in [1.29, 1.82) is 0 Å².